The maximum absolute atomic E-state index is 12.7. The average molecular weight is 387 g/mol. The molecule has 5 nitrogen and oxygen atoms in total. The van der Waals surface area contributed by atoms with Crippen LogP contribution in [0.15, 0.2) is 42.5 Å². The standard InChI is InChI=1S/C21H26N2O3S/c1-15-9-10-16(2)20(13-15)17(3)22-21(24)18-7-6-8-19(14-18)23-11-4-5-12-27(23,25)26/h6-10,13-14,17H,4-5,11-12H2,1-3H3,(H,22,24). The van der Waals surface area contributed by atoms with E-state index in [1.165, 1.54) is 4.31 Å². The summed E-state index contributed by atoms with van der Waals surface area (Å²) >= 11 is 0. The number of aryl methyl sites for hydroxylation is 2. The Morgan fingerprint density at radius 3 is 2.63 bits per heavy atom. The number of nitrogens with zero attached hydrogens (tertiary/aromatic N) is 1. The third-order valence-corrected chi connectivity index (χ3v) is 6.86. The number of sulfonamides is 1. The minimum absolute atomic E-state index is 0.139. The van der Waals surface area contributed by atoms with Crippen molar-refractivity contribution in [3.8, 4) is 0 Å². The predicted octanol–water partition coefficient (Wildman–Crippen LogP) is 3.72. The van der Waals surface area contributed by atoms with Crippen molar-refractivity contribution in [1.29, 1.82) is 0 Å². The molecule has 0 aromatic heterocycles. The Morgan fingerprint density at radius 1 is 1.11 bits per heavy atom. The van der Waals surface area contributed by atoms with Gasteiger partial charge in [0.1, 0.15) is 0 Å². The number of amides is 1. The summed E-state index contributed by atoms with van der Waals surface area (Å²) in [4.78, 5) is 12.7. The Kier molecular flexibility index (Phi) is 5.56. The van der Waals surface area contributed by atoms with E-state index in [-0.39, 0.29) is 17.7 Å². The van der Waals surface area contributed by atoms with Gasteiger partial charge >= 0.3 is 0 Å². The molecule has 0 radical (unpaired) electrons. The highest BCUT2D eigenvalue weighted by molar-refractivity contribution is 7.92. The molecule has 1 amide bonds. The third kappa shape index (κ3) is 4.33. The minimum Gasteiger partial charge on any atom is -0.346 e. The van der Waals surface area contributed by atoms with Crippen molar-refractivity contribution < 1.29 is 13.2 Å². The first-order chi connectivity index (χ1) is 12.8. The van der Waals surface area contributed by atoms with Crippen LogP contribution in [0.2, 0.25) is 0 Å². The fourth-order valence-electron chi connectivity index (χ4n) is 3.47. The molecule has 1 saturated heterocycles. The second-order valence-electron chi connectivity index (χ2n) is 7.20. The summed E-state index contributed by atoms with van der Waals surface area (Å²) in [7, 11) is -3.29. The van der Waals surface area contributed by atoms with Gasteiger partial charge in [-0.05, 0) is 62.9 Å². The van der Waals surface area contributed by atoms with Gasteiger partial charge in [0.2, 0.25) is 10.0 Å². The van der Waals surface area contributed by atoms with Crippen LogP contribution in [0, 0.1) is 13.8 Å². The third-order valence-electron chi connectivity index (χ3n) is 4.99. The molecule has 1 aliphatic rings. The van der Waals surface area contributed by atoms with E-state index >= 15 is 0 Å². The van der Waals surface area contributed by atoms with Gasteiger partial charge in [-0.3, -0.25) is 9.10 Å². The number of carbonyl (C=O) groups is 1. The molecule has 0 saturated carbocycles. The van der Waals surface area contributed by atoms with Crippen LogP contribution in [0.5, 0.6) is 0 Å². The van der Waals surface area contributed by atoms with Crippen LogP contribution in [0.3, 0.4) is 0 Å². The number of hydrogen-bond donors (Lipinski definition) is 1. The Balaban J connectivity index is 1.80. The Morgan fingerprint density at radius 2 is 1.89 bits per heavy atom. The summed E-state index contributed by atoms with van der Waals surface area (Å²) in [6.07, 6.45) is 1.52. The average Bonchev–Trinajstić information content (AvgIpc) is 2.63. The molecule has 1 N–H and O–H groups in total. The molecule has 144 valence electrons. The topological polar surface area (TPSA) is 66.5 Å². The predicted molar refractivity (Wildman–Crippen MR) is 109 cm³/mol. The molecule has 2 aromatic carbocycles. The molecule has 1 unspecified atom stereocenters. The lowest BCUT2D eigenvalue weighted by atomic mass is 9.99. The van der Waals surface area contributed by atoms with Gasteiger partial charge in [0.25, 0.3) is 5.91 Å². The summed E-state index contributed by atoms with van der Waals surface area (Å²) in [5.74, 6) is -0.0488. The van der Waals surface area contributed by atoms with Crippen LogP contribution in [0.25, 0.3) is 0 Å². The van der Waals surface area contributed by atoms with E-state index in [2.05, 4.69) is 23.5 Å². The van der Waals surface area contributed by atoms with E-state index in [9.17, 15) is 13.2 Å². The van der Waals surface area contributed by atoms with Gasteiger partial charge in [0.15, 0.2) is 0 Å². The van der Waals surface area contributed by atoms with Gasteiger partial charge in [-0.1, -0.05) is 29.8 Å². The molecule has 0 bridgehead atoms. The second kappa shape index (κ2) is 7.72. The van der Waals surface area contributed by atoms with Crippen LogP contribution in [-0.2, 0) is 10.0 Å². The van der Waals surface area contributed by atoms with Crippen molar-refractivity contribution in [1.82, 2.24) is 5.32 Å². The molecule has 1 fully saturated rings. The molecule has 27 heavy (non-hydrogen) atoms. The molecule has 1 aliphatic heterocycles. The first-order valence-electron chi connectivity index (χ1n) is 9.26. The number of hydrogen-bond acceptors (Lipinski definition) is 3. The summed E-state index contributed by atoms with van der Waals surface area (Å²) < 4.78 is 26.1. The van der Waals surface area contributed by atoms with Gasteiger partial charge in [0, 0.05) is 12.1 Å². The van der Waals surface area contributed by atoms with Gasteiger partial charge < -0.3 is 5.32 Å². The molecule has 6 heteroatoms. The van der Waals surface area contributed by atoms with Gasteiger partial charge in [-0.25, -0.2) is 8.42 Å². The van der Waals surface area contributed by atoms with Gasteiger partial charge in [-0.15, -0.1) is 0 Å². The normalized spacial score (nSPS) is 17.4. The Bertz CT molecular complexity index is 954. The molecule has 0 spiro atoms. The largest absolute Gasteiger partial charge is 0.346 e. The zero-order valence-electron chi connectivity index (χ0n) is 16.0. The quantitative estimate of drug-likeness (QED) is 0.871. The van der Waals surface area contributed by atoms with Crippen molar-refractivity contribution in [2.45, 2.75) is 39.7 Å². The van der Waals surface area contributed by atoms with Crippen molar-refractivity contribution in [2.24, 2.45) is 0 Å². The van der Waals surface area contributed by atoms with Crippen LogP contribution in [0.4, 0.5) is 5.69 Å². The maximum atomic E-state index is 12.7. The lowest BCUT2D eigenvalue weighted by molar-refractivity contribution is 0.0940. The molecule has 2 aromatic rings. The highest BCUT2D eigenvalue weighted by Crippen LogP contribution is 2.25. The van der Waals surface area contributed by atoms with Crippen LogP contribution in [0.1, 0.15) is 52.9 Å². The highest BCUT2D eigenvalue weighted by Gasteiger charge is 2.26. The minimum atomic E-state index is -3.29. The van der Waals surface area contributed by atoms with Crippen LogP contribution < -0.4 is 9.62 Å². The zero-order chi connectivity index (χ0) is 19.6. The van der Waals surface area contributed by atoms with E-state index in [0.29, 0.717) is 24.2 Å². The fraction of sp³-hybridized carbons (Fsp3) is 0.381. The zero-order valence-corrected chi connectivity index (χ0v) is 16.8. The lowest BCUT2D eigenvalue weighted by Crippen LogP contribution is -2.38. The van der Waals surface area contributed by atoms with Crippen LogP contribution in [-0.4, -0.2) is 26.6 Å². The molecule has 1 atom stereocenters. The number of rotatable bonds is 4. The summed E-state index contributed by atoms with van der Waals surface area (Å²) in [6, 6.07) is 12.9. The van der Waals surface area contributed by atoms with Crippen molar-refractivity contribution in [2.75, 3.05) is 16.6 Å². The van der Waals surface area contributed by atoms with Crippen molar-refractivity contribution in [3.63, 3.8) is 0 Å². The van der Waals surface area contributed by atoms with Gasteiger partial charge in [0.05, 0.1) is 17.5 Å². The van der Waals surface area contributed by atoms with Crippen molar-refractivity contribution in [3.05, 3.63) is 64.7 Å². The number of nitrogens with one attached hydrogen (secondary N) is 1. The second-order valence-corrected chi connectivity index (χ2v) is 9.21. The maximum Gasteiger partial charge on any atom is 0.251 e. The monoisotopic (exact) mass is 386 g/mol. The highest BCUT2D eigenvalue weighted by atomic mass is 32.2. The van der Waals surface area contributed by atoms with Crippen molar-refractivity contribution >= 4 is 21.6 Å². The number of carbonyl (C=O) groups excluding carboxylic acids is 1. The molecule has 3 rings (SSSR count). The van der Waals surface area contributed by atoms with Gasteiger partial charge in [-0.2, -0.15) is 0 Å². The summed E-state index contributed by atoms with van der Waals surface area (Å²) in [5.41, 5.74) is 4.38. The first-order valence-corrected chi connectivity index (χ1v) is 10.9. The molecule has 1 heterocycles. The van der Waals surface area contributed by atoms with E-state index < -0.39 is 10.0 Å². The number of benzene rings is 2. The first kappa shape index (κ1) is 19.4. The molecular formula is C21H26N2O3S. The smallest absolute Gasteiger partial charge is 0.251 e. The van der Waals surface area contributed by atoms with E-state index in [0.717, 1.165) is 23.1 Å². The fourth-order valence-corrected chi connectivity index (χ4v) is 5.10. The summed E-state index contributed by atoms with van der Waals surface area (Å²) in [5, 5.41) is 3.02. The Hall–Kier alpha value is -2.34. The molecule has 0 aliphatic carbocycles. The van der Waals surface area contributed by atoms with Crippen LogP contribution >= 0.6 is 0 Å². The Labute approximate surface area is 161 Å². The lowest BCUT2D eigenvalue weighted by Gasteiger charge is -2.28. The summed E-state index contributed by atoms with van der Waals surface area (Å²) in [6.45, 7) is 6.48. The number of anilines is 1. The SMILES string of the molecule is Cc1ccc(C)c(C(C)NC(=O)c2cccc(N3CCCCS3(=O)=O)c2)c1. The van der Waals surface area contributed by atoms with E-state index in [1.807, 2.05) is 20.8 Å². The van der Waals surface area contributed by atoms with E-state index in [1.54, 1.807) is 24.3 Å². The van der Waals surface area contributed by atoms with E-state index in [4.69, 9.17) is 0 Å². The molecular weight excluding hydrogens is 360 g/mol.